The van der Waals surface area contributed by atoms with E-state index in [1.807, 2.05) is 0 Å². The molecule has 4 N–H and O–H groups in total. The number of nitrogens with two attached hydrogens (primary N) is 1. The van der Waals surface area contributed by atoms with Crippen molar-refractivity contribution in [3.05, 3.63) is 11.9 Å². The van der Waals surface area contributed by atoms with Crippen LogP contribution in [0.3, 0.4) is 0 Å². The molecule has 1 atom stereocenters. The molecule has 0 bridgehead atoms. The summed E-state index contributed by atoms with van der Waals surface area (Å²) in [5, 5.41) is 9.08. The number of aromatic amines is 1. The highest BCUT2D eigenvalue weighted by atomic mass is 35.5. The van der Waals surface area contributed by atoms with Gasteiger partial charge < -0.3 is 15.8 Å². The van der Waals surface area contributed by atoms with Crippen LogP contribution >= 0.6 is 11.6 Å². The fourth-order valence-electron chi connectivity index (χ4n) is 0.604. The third kappa shape index (κ3) is 1.40. The Kier molecular flexibility index (Phi) is 2.13. The van der Waals surface area contributed by atoms with Gasteiger partial charge in [-0.1, -0.05) is 0 Å². The van der Waals surface area contributed by atoms with E-state index >= 15 is 0 Å². The molecule has 0 radical (unpaired) electrons. The number of rotatable bonds is 2. The number of anilines is 1. The molecular weight excluding hydrogens is 154 g/mol. The number of nitrogen functional groups attached to an aromatic ring is 1. The molecule has 0 amide bonds. The van der Waals surface area contributed by atoms with Crippen LogP contribution < -0.4 is 5.73 Å². The fourth-order valence-corrected chi connectivity index (χ4v) is 0.770. The van der Waals surface area contributed by atoms with Gasteiger partial charge in [-0.25, -0.2) is 4.98 Å². The van der Waals surface area contributed by atoms with Crippen molar-refractivity contribution in [3.63, 3.8) is 0 Å². The van der Waals surface area contributed by atoms with Crippen LogP contribution in [0.4, 0.5) is 5.95 Å². The minimum absolute atomic E-state index is 0.141. The first-order chi connectivity index (χ1) is 4.74. The zero-order chi connectivity index (χ0) is 7.56. The van der Waals surface area contributed by atoms with Crippen molar-refractivity contribution >= 4 is 17.5 Å². The Hall–Kier alpha value is -0.740. The molecule has 1 rings (SSSR count). The molecule has 0 spiro atoms. The van der Waals surface area contributed by atoms with Gasteiger partial charge in [0, 0.05) is 0 Å². The molecule has 0 aromatic carbocycles. The highest BCUT2D eigenvalue weighted by Crippen LogP contribution is 2.11. The van der Waals surface area contributed by atoms with Crippen LogP contribution in [0.2, 0.25) is 0 Å². The molecule has 4 nitrogen and oxygen atoms in total. The van der Waals surface area contributed by atoms with Gasteiger partial charge in [0.2, 0.25) is 0 Å². The van der Waals surface area contributed by atoms with Crippen LogP contribution in [0, 0.1) is 0 Å². The van der Waals surface area contributed by atoms with Crippen molar-refractivity contribution in [1.82, 2.24) is 9.97 Å². The first-order valence-electron chi connectivity index (χ1n) is 2.78. The smallest absolute Gasteiger partial charge is 0.197 e. The van der Waals surface area contributed by atoms with E-state index < -0.39 is 6.10 Å². The van der Waals surface area contributed by atoms with Crippen molar-refractivity contribution in [3.8, 4) is 0 Å². The van der Waals surface area contributed by atoms with E-state index in [-0.39, 0.29) is 5.88 Å². The largest absolute Gasteiger partial charge is 0.386 e. The average Bonchev–Trinajstić information content (AvgIpc) is 2.34. The number of halogens is 1. The molecule has 0 aliphatic carbocycles. The standard InChI is InChI=1S/C5H8ClN3O/c6-1-4(10)3-2-8-5(7)9-3/h2,4,10H,1H2,(H3,7,8,9). The first-order valence-corrected chi connectivity index (χ1v) is 3.32. The second-order valence-electron chi connectivity index (χ2n) is 1.89. The van der Waals surface area contributed by atoms with Crippen LogP contribution in [-0.4, -0.2) is 21.0 Å². The first kappa shape index (κ1) is 7.37. The van der Waals surface area contributed by atoms with Crippen molar-refractivity contribution in [2.45, 2.75) is 6.10 Å². The van der Waals surface area contributed by atoms with Gasteiger partial charge in [-0.2, -0.15) is 0 Å². The Morgan fingerprint density at radius 2 is 2.60 bits per heavy atom. The highest BCUT2D eigenvalue weighted by Gasteiger charge is 2.07. The molecule has 0 saturated carbocycles. The molecule has 0 saturated heterocycles. The Labute approximate surface area is 63.0 Å². The van der Waals surface area contributed by atoms with Crippen molar-refractivity contribution in [1.29, 1.82) is 0 Å². The number of nitrogens with one attached hydrogen (secondary N) is 1. The van der Waals surface area contributed by atoms with E-state index in [0.29, 0.717) is 11.6 Å². The van der Waals surface area contributed by atoms with E-state index in [2.05, 4.69) is 9.97 Å². The van der Waals surface area contributed by atoms with Gasteiger partial charge in [0.25, 0.3) is 0 Å². The number of hydrogen-bond acceptors (Lipinski definition) is 3. The van der Waals surface area contributed by atoms with E-state index in [4.69, 9.17) is 22.4 Å². The lowest BCUT2D eigenvalue weighted by Gasteiger charge is -2.00. The van der Waals surface area contributed by atoms with Crippen molar-refractivity contribution < 1.29 is 5.11 Å². The monoisotopic (exact) mass is 161 g/mol. The van der Waals surface area contributed by atoms with Gasteiger partial charge in [0.15, 0.2) is 5.95 Å². The van der Waals surface area contributed by atoms with E-state index in [1.165, 1.54) is 6.20 Å². The van der Waals surface area contributed by atoms with Gasteiger partial charge in [-0.15, -0.1) is 11.6 Å². The molecule has 0 aliphatic rings. The van der Waals surface area contributed by atoms with Gasteiger partial charge in [0.1, 0.15) is 6.10 Å². The summed E-state index contributed by atoms with van der Waals surface area (Å²) in [6, 6.07) is 0. The third-order valence-corrected chi connectivity index (χ3v) is 1.41. The normalized spacial score (nSPS) is 13.4. The number of aromatic nitrogens is 2. The average molecular weight is 162 g/mol. The molecule has 1 aromatic rings. The van der Waals surface area contributed by atoms with E-state index in [0.717, 1.165) is 0 Å². The lowest BCUT2D eigenvalue weighted by Crippen LogP contribution is -1.98. The van der Waals surface area contributed by atoms with Crippen LogP contribution in [-0.2, 0) is 0 Å². The number of alkyl halides is 1. The Balaban J connectivity index is 2.74. The summed E-state index contributed by atoms with van der Waals surface area (Å²) >= 11 is 5.36. The molecule has 1 unspecified atom stereocenters. The molecule has 10 heavy (non-hydrogen) atoms. The molecular formula is C5H8ClN3O. The van der Waals surface area contributed by atoms with Crippen LogP contribution in [0.5, 0.6) is 0 Å². The summed E-state index contributed by atoms with van der Waals surface area (Å²) in [6.45, 7) is 0. The van der Waals surface area contributed by atoms with Gasteiger partial charge in [-0.3, -0.25) is 0 Å². The van der Waals surface area contributed by atoms with Gasteiger partial charge in [0.05, 0.1) is 17.8 Å². The number of aliphatic hydroxyl groups excluding tert-OH is 1. The van der Waals surface area contributed by atoms with E-state index in [9.17, 15) is 0 Å². The summed E-state index contributed by atoms with van der Waals surface area (Å²) in [5.74, 6) is 0.431. The zero-order valence-electron chi connectivity index (χ0n) is 5.21. The second kappa shape index (κ2) is 2.90. The summed E-state index contributed by atoms with van der Waals surface area (Å²) < 4.78 is 0. The molecule has 1 heterocycles. The summed E-state index contributed by atoms with van der Waals surface area (Å²) in [4.78, 5) is 6.35. The summed E-state index contributed by atoms with van der Waals surface area (Å²) in [5.41, 5.74) is 5.80. The minimum atomic E-state index is -0.702. The summed E-state index contributed by atoms with van der Waals surface area (Å²) in [6.07, 6.45) is 0.758. The number of imidazole rings is 1. The maximum atomic E-state index is 9.08. The lowest BCUT2D eigenvalue weighted by molar-refractivity contribution is 0.198. The fraction of sp³-hybridized carbons (Fsp3) is 0.400. The third-order valence-electron chi connectivity index (χ3n) is 1.12. The molecule has 56 valence electrons. The zero-order valence-corrected chi connectivity index (χ0v) is 5.97. The Morgan fingerprint density at radius 3 is 3.00 bits per heavy atom. The van der Waals surface area contributed by atoms with Gasteiger partial charge in [-0.05, 0) is 0 Å². The number of H-pyrrole nitrogens is 1. The molecule has 0 aliphatic heterocycles. The molecule has 5 heteroatoms. The quantitative estimate of drug-likeness (QED) is 0.545. The van der Waals surface area contributed by atoms with Crippen LogP contribution in [0.1, 0.15) is 11.8 Å². The minimum Gasteiger partial charge on any atom is -0.386 e. The maximum Gasteiger partial charge on any atom is 0.197 e. The number of nitrogens with zero attached hydrogens (tertiary/aromatic N) is 1. The molecule has 0 fully saturated rings. The Morgan fingerprint density at radius 1 is 1.90 bits per heavy atom. The van der Waals surface area contributed by atoms with Gasteiger partial charge >= 0.3 is 0 Å². The number of hydrogen-bond donors (Lipinski definition) is 3. The van der Waals surface area contributed by atoms with E-state index in [1.54, 1.807) is 0 Å². The van der Waals surface area contributed by atoms with Crippen molar-refractivity contribution in [2.24, 2.45) is 0 Å². The van der Waals surface area contributed by atoms with Crippen molar-refractivity contribution in [2.75, 3.05) is 11.6 Å². The highest BCUT2D eigenvalue weighted by molar-refractivity contribution is 6.18. The second-order valence-corrected chi connectivity index (χ2v) is 2.20. The Bertz CT molecular complexity index is 212. The van der Waals surface area contributed by atoms with Crippen LogP contribution in [0.15, 0.2) is 6.20 Å². The van der Waals surface area contributed by atoms with Crippen LogP contribution in [0.25, 0.3) is 0 Å². The lowest BCUT2D eigenvalue weighted by atomic mass is 10.3. The predicted octanol–water partition coefficient (Wildman–Crippen LogP) is 0.264. The number of aliphatic hydroxyl groups is 1. The molecule has 1 aromatic heterocycles. The summed E-state index contributed by atoms with van der Waals surface area (Å²) in [7, 11) is 0. The SMILES string of the molecule is Nc1ncc(C(O)CCl)[nH]1. The maximum absolute atomic E-state index is 9.08. The predicted molar refractivity (Wildman–Crippen MR) is 38.7 cm³/mol. The topological polar surface area (TPSA) is 74.9 Å².